The number of carbonyl (C=O) groups is 2. The van der Waals surface area contributed by atoms with Crippen molar-refractivity contribution in [2.24, 2.45) is 0 Å². The van der Waals surface area contributed by atoms with E-state index in [2.05, 4.69) is 11.9 Å². The van der Waals surface area contributed by atoms with E-state index in [1.54, 1.807) is 6.08 Å². The molecule has 0 aliphatic carbocycles. The molecule has 0 spiro atoms. The van der Waals surface area contributed by atoms with Gasteiger partial charge in [0.1, 0.15) is 6.04 Å². The third-order valence-corrected chi connectivity index (χ3v) is 1.92. The number of hydrogen-bond acceptors (Lipinski definition) is 2. The van der Waals surface area contributed by atoms with Crippen molar-refractivity contribution in [1.82, 2.24) is 10.2 Å². The predicted octanol–water partition coefficient (Wildman–Crippen LogP) is 1.07. The normalized spacial score (nSPS) is 12.0. The summed E-state index contributed by atoms with van der Waals surface area (Å²) in [5.41, 5.74) is 0. The Morgan fingerprint density at radius 1 is 1.47 bits per heavy atom. The van der Waals surface area contributed by atoms with Gasteiger partial charge in [-0.1, -0.05) is 6.08 Å². The molecule has 15 heavy (non-hydrogen) atoms. The molecule has 0 aromatic carbocycles. The van der Waals surface area contributed by atoms with Crippen molar-refractivity contribution in [2.45, 2.75) is 32.9 Å². The van der Waals surface area contributed by atoms with Crippen LogP contribution in [-0.4, -0.2) is 40.6 Å². The van der Waals surface area contributed by atoms with E-state index >= 15 is 0 Å². The van der Waals surface area contributed by atoms with Gasteiger partial charge in [0.15, 0.2) is 0 Å². The van der Waals surface area contributed by atoms with Gasteiger partial charge in [-0.3, -0.25) is 4.79 Å². The predicted molar refractivity (Wildman–Crippen MR) is 57.7 cm³/mol. The Labute approximate surface area is 89.8 Å². The van der Waals surface area contributed by atoms with E-state index in [-0.39, 0.29) is 12.1 Å². The lowest BCUT2D eigenvalue weighted by molar-refractivity contribution is -0.138. The maximum atomic E-state index is 11.6. The van der Waals surface area contributed by atoms with Crippen LogP contribution in [0.2, 0.25) is 0 Å². The summed E-state index contributed by atoms with van der Waals surface area (Å²) >= 11 is 0. The maximum absolute atomic E-state index is 11.6. The average molecular weight is 214 g/mol. The summed E-state index contributed by atoms with van der Waals surface area (Å²) in [6.07, 6.45) is 1.60. The van der Waals surface area contributed by atoms with E-state index in [0.717, 1.165) is 0 Å². The molecule has 5 nitrogen and oxygen atoms in total. The van der Waals surface area contributed by atoms with Gasteiger partial charge in [-0.15, -0.1) is 6.58 Å². The van der Waals surface area contributed by atoms with Crippen molar-refractivity contribution in [3.05, 3.63) is 12.7 Å². The lowest BCUT2D eigenvalue weighted by Crippen LogP contribution is -2.49. The molecule has 5 heteroatoms. The van der Waals surface area contributed by atoms with Gasteiger partial charge < -0.3 is 15.3 Å². The second-order valence-electron chi connectivity index (χ2n) is 3.54. The SMILES string of the molecule is C=CCN(C(=O)NC(C)C(=O)O)C(C)C. The number of nitrogens with one attached hydrogen (secondary N) is 1. The molecule has 1 unspecified atom stereocenters. The second-order valence-corrected chi connectivity index (χ2v) is 3.54. The lowest BCUT2D eigenvalue weighted by atomic mass is 10.3. The Bertz CT molecular complexity index is 251. The van der Waals surface area contributed by atoms with E-state index in [4.69, 9.17) is 5.11 Å². The molecule has 2 N–H and O–H groups in total. The van der Waals surface area contributed by atoms with Crippen LogP contribution >= 0.6 is 0 Å². The Morgan fingerprint density at radius 3 is 2.33 bits per heavy atom. The third kappa shape index (κ3) is 4.49. The molecule has 0 saturated carbocycles. The van der Waals surface area contributed by atoms with Crippen molar-refractivity contribution in [3.8, 4) is 0 Å². The summed E-state index contributed by atoms with van der Waals surface area (Å²) < 4.78 is 0. The number of aliphatic carboxylic acids is 1. The van der Waals surface area contributed by atoms with E-state index in [1.165, 1.54) is 11.8 Å². The van der Waals surface area contributed by atoms with E-state index in [9.17, 15) is 9.59 Å². The molecule has 0 bridgehead atoms. The van der Waals surface area contributed by atoms with Crippen LogP contribution < -0.4 is 5.32 Å². The second kappa shape index (κ2) is 6.06. The van der Waals surface area contributed by atoms with Gasteiger partial charge in [-0.25, -0.2) is 4.79 Å². The molecule has 86 valence electrons. The molecule has 0 aliphatic rings. The van der Waals surface area contributed by atoms with Crippen LogP contribution in [-0.2, 0) is 4.79 Å². The number of hydrogen-bond donors (Lipinski definition) is 2. The monoisotopic (exact) mass is 214 g/mol. The Hall–Kier alpha value is -1.52. The summed E-state index contributed by atoms with van der Waals surface area (Å²) in [5.74, 6) is -1.05. The minimum Gasteiger partial charge on any atom is -0.480 e. The van der Waals surface area contributed by atoms with Gasteiger partial charge in [0, 0.05) is 12.6 Å². The molecule has 1 atom stereocenters. The van der Waals surface area contributed by atoms with Crippen molar-refractivity contribution in [2.75, 3.05) is 6.54 Å². The summed E-state index contributed by atoms with van der Waals surface area (Å²) in [4.78, 5) is 23.6. The van der Waals surface area contributed by atoms with E-state index in [0.29, 0.717) is 6.54 Å². The highest BCUT2D eigenvalue weighted by atomic mass is 16.4. The number of rotatable bonds is 5. The van der Waals surface area contributed by atoms with Gasteiger partial charge in [0.2, 0.25) is 0 Å². The molecule has 0 heterocycles. The minimum atomic E-state index is -1.05. The van der Waals surface area contributed by atoms with Crippen LogP contribution in [0.4, 0.5) is 4.79 Å². The molecule has 0 saturated heterocycles. The average Bonchev–Trinajstić information content (AvgIpc) is 2.12. The standard InChI is InChI=1S/C10H18N2O3/c1-5-6-12(7(2)3)10(15)11-8(4)9(13)14/h5,7-8H,1,6H2,2-4H3,(H,11,15)(H,13,14). The molecule has 2 amide bonds. The first kappa shape index (κ1) is 13.5. The third-order valence-electron chi connectivity index (χ3n) is 1.92. The van der Waals surface area contributed by atoms with Gasteiger partial charge in [-0.05, 0) is 20.8 Å². The highest BCUT2D eigenvalue weighted by molar-refractivity contribution is 5.82. The number of urea groups is 1. The number of carboxylic acids is 1. The summed E-state index contributed by atoms with van der Waals surface area (Å²) in [7, 11) is 0. The van der Waals surface area contributed by atoms with Crippen LogP contribution in [0.1, 0.15) is 20.8 Å². The fourth-order valence-electron chi connectivity index (χ4n) is 0.997. The van der Waals surface area contributed by atoms with Crippen LogP contribution in [0, 0.1) is 0 Å². The van der Waals surface area contributed by atoms with Gasteiger partial charge in [0.05, 0.1) is 0 Å². The molecule has 0 rings (SSSR count). The van der Waals surface area contributed by atoms with Gasteiger partial charge in [0.25, 0.3) is 0 Å². The van der Waals surface area contributed by atoms with Crippen LogP contribution in [0.3, 0.4) is 0 Å². The Balaban J connectivity index is 4.38. The highest BCUT2D eigenvalue weighted by Crippen LogP contribution is 1.99. The van der Waals surface area contributed by atoms with Crippen molar-refractivity contribution in [1.29, 1.82) is 0 Å². The Kier molecular flexibility index (Phi) is 5.44. The summed E-state index contributed by atoms with van der Waals surface area (Å²) in [6.45, 7) is 9.07. The quantitative estimate of drug-likeness (QED) is 0.672. The fourth-order valence-corrected chi connectivity index (χ4v) is 0.997. The molecule has 0 aromatic rings. The van der Waals surface area contributed by atoms with E-state index in [1.807, 2.05) is 13.8 Å². The Morgan fingerprint density at radius 2 is 2.00 bits per heavy atom. The van der Waals surface area contributed by atoms with Gasteiger partial charge >= 0.3 is 12.0 Å². The number of carboxylic acid groups (broad SMARTS) is 1. The topological polar surface area (TPSA) is 69.6 Å². The molecule has 0 aliphatic heterocycles. The molecule has 0 radical (unpaired) electrons. The lowest BCUT2D eigenvalue weighted by Gasteiger charge is -2.26. The van der Waals surface area contributed by atoms with Crippen molar-refractivity contribution in [3.63, 3.8) is 0 Å². The number of amides is 2. The molecule has 0 aromatic heterocycles. The van der Waals surface area contributed by atoms with Gasteiger partial charge in [-0.2, -0.15) is 0 Å². The van der Waals surface area contributed by atoms with E-state index < -0.39 is 12.0 Å². The maximum Gasteiger partial charge on any atom is 0.325 e. The summed E-state index contributed by atoms with van der Waals surface area (Å²) in [5, 5.41) is 11.0. The molecular formula is C10H18N2O3. The zero-order valence-corrected chi connectivity index (χ0v) is 9.36. The molecular weight excluding hydrogens is 196 g/mol. The van der Waals surface area contributed by atoms with Crippen molar-refractivity contribution >= 4 is 12.0 Å². The molecule has 0 fully saturated rings. The number of carbonyl (C=O) groups excluding carboxylic acids is 1. The minimum absolute atomic E-state index is 0.00370. The van der Waals surface area contributed by atoms with Crippen LogP contribution in [0.5, 0.6) is 0 Å². The number of nitrogens with zero attached hydrogens (tertiary/aromatic N) is 1. The van der Waals surface area contributed by atoms with Crippen LogP contribution in [0.25, 0.3) is 0 Å². The summed E-state index contributed by atoms with van der Waals surface area (Å²) in [6, 6.07) is -1.27. The highest BCUT2D eigenvalue weighted by Gasteiger charge is 2.20. The zero-order valence-electron chi connectivity index (χ0n) is 9.36. The van der Waals surface area contributed by atoms with Crippen LogP contribution in [0.15, 0.2) is 12.7 Å². The first-order valence-electron chi connectivity index (χ1n) is 4.81. The fraction of sp³-hybridized carbons (Fsp3) is 0.600. The largest absolute Gasteiger partial charge is 0.480 e. The first-order valence-corrected chi connectivity index (χ1v) is 4.81. The zero-order chi connectivity index (χ0) is 12.0. The van der Waals surface area contributed by atoms with Crippen molar-refractivity contribution < 1.29 is 14.7 Å². The first-order chi connectivity index (χ1) is 6.90. The smallest absolute Gasteiger partial charge is 0.325 e.